The first kappa shape index (κ1) is 18.4. The smallest absolute Gasteiger partial charge is 0.324 e. The lowest BCUT2D eigenvalue weighted by molar-refractivity contribution is -0.125. The summed E-state index contributed by atoms with van der Waals surface area (Å²) in [5.74, 6) is -1.31. The first-order valence-electron chi connectivity index (χ1n) is 8.48. The van der Waals surface area contributed by atoms with Crippen LogP contribution in [0.4, 0.5) is 20.6 Å². The maximum absolute atomic E-state index is 14.0. The van der Waals surface area contributed by atoms with E-state index >= 15 is 0 Å². The minimum absolute atomic E-state index is 0.0206. The fourth-order valence-corrected chi connectivity index (χ4v) is 2.69. The molecule has 8 heteroatoms. The fraction of sp³-hybridized carbons (Fsp3) is 0.211. The van der Waals surface area contributed by atoms with E-state index in [4.69, 9.17) is 0 Å². The maximum Gasteiger partial charge on any atom is 0.324 e. The minimum Gasteiger partial charge on any atom is -0.376 e. The summed E-state index contributed by atoms with van der Waals surface area (Å²) in [6.45, 7) is 0.638. The predicted octanol–water partition coefficient (Wildman–Crippen LogP) is 1.97. The second kappa shape index (κ2) is 8.31. The SMILES string of the molecule is O=C(Cc1ccccc1)Nc1cc(NCC(=O)N2CCNC2=O)ccc1F. The molecule has 3 N–H and O–H groups in total. The van der Waals surface area contributed by atoms with Gasteiger partial charge in [-0.25, -0.2) is 9.18 Å². The molecule has 27 heavy (non-hydrogen) atoms. The second-order valence-corrected chi connectivity index (χ2v) is 6.04. The van der Waals surface area contributed by atoms with Crippen LogP contribution in [0.15, 0.2) is 48.5 Å². The topological polar surface area (TPSA) is 90.5 Å². The fourth-order valence-electron chi connectivity index (χ4n) is 2.69. The third-order valence-electron chi connectivity index (χ3n) is 4.05. The van der Waals surface area contributed by atoms with Gasteiger partial charge >= 0.3 is 6.03 Å². The lowest BCUT2D eigenvalue weighted by Gasteiger charge is -2.14. The summed E-state index contributed by atoms with van der Waals surface area (Å²) in [7, 11) is 0. The molecule has 140 valence electrons. The van der Waals surface area contributed by atoms with E-state index in [0.29, 0.717) is 18.8 Å². The van der Waals surface area contributed by atoms with E-state index in [9.17, 15) is 18.8 Å². The number of hydrogen-bond donors (Lipinski definition) is 3. The van der Waals surface area contributed by atoms with Gasteiger partial charge in [-0.3, -0.25) is 14.5 Å². The summed E-state index contributed by atoms with van der Waals surface area (Å²) in [4.78, 5) is 36.7. The maximum atomic E-state index is 14.0. The lowest BCUT2D eigenvalue weighted by atomic mass is 10.1. The number of amides is 4. The van der Waals surface area contributed by atoms with Crippen molar-refractivity contribution >= 4 is 29.2 Å². The summed E-state index contributed by atoms with van der Waals surface area (Å²) >= 11 is 0. The van der Waals surface area contributed by atoms with Crippen molar-refractivity contribution in [1.82, 2.24) is 10.2 Å². The first-order valence-corrected chi connectivity index (χ1v) is 8.48. The van der Waals surface area contributed by atoms with Crippen molar-refractivity contribution in [2.45, 2.75) is 6.42 Å². The van der Waals surface area contributed by atoms with E-state index in [2.05, 4.69) is 16.0 Å². The van der Waals surface area contributed by atoms with Gasteiger partial charge in [0.05, 0.1) is 18.7 Å². The molecule has 2 aromatic rings. The highest BCUT2D eigenvalue weighted by Gasteiger charge is 2.25. The van der Waals surface area contributed by atoms with Crippen molar-refractivity contribution in [3.05, 3.63) is 59.9 Å². The number of nitrogens with one attached hydrogen (secondary N) is 3. The molecule has 0 aliphatic carbocycles. The van der Waals surface area contributed by atoms with E-state index in [1.807, 2.05) is 30.3 Å². The normalized spacial score (nSPS) is 13.2. The molecule has 1 heterocycles. The second-order valence-electron chi connectivity index (χ2n) is 6.04. The van der Waals surface area contributed by atoms with Crippen LogP contribution in [-0.2, 0) is 16.0 Å². The number of carbonyl (C=O) groups is 3. The molecule has 0 saturated carbocycles. The Balaban J connectivity index is 1.59. The van der Waals surface area contributed by atoms with Gasteiger partial charge in [-0.1, -0.05) is 30.3 Å². The first-order chi connectivity index (χ1) is 13.0. The molecule has 1 saturated heterocycles. The van der Waals surface area contributed by atoms with E-state index in [1.54, 1.807) is 0 Å². The van der Waals surface area contributed by atoms with Crippen LogP contribution in [0.5, 0.6) is 0 Å². The quantitative estimate of drug-likeness (QED) is 0.725. The summed E-state index contributed by atoms with van der Waals surface area (Å²) in [5.41, 5.74) is 1.30. The monoisotopic (exact) mass is 370 g/mol. The molecule has 0 bridgehead atoms. The Bertz CT molecular complexity index is 857. The van der Waals surface area contributed by atoms with Crippen molar-refractivity contribution in [2.75, 3.05) is 30.3 Å². The number of carbonyl (C=O) groups excluding carboxylic acids is 3. The number of urea groups is 1. The Morgan fingerprint density at radius 2 is 1.93 bits per heavy atom. The van der Waals surface area contributed by atoms with Gasteiger partial charge in [0.25, 0.3) is 0 Å². The van der Waals surface area contributed by atoms with Crippen LogP contribution < -0.4 is 16.0 Å². The summed E-state index contributed by atoms with van der Waals surface area (Å²) < 4.78 is 14.0. The van der Waals surface area contributed by atoms with Gasteiger partial charge in [0.2, 0.25) is 11.8 Å². The molecule has 4 amide bonds. The molecule has 0 aromatic heterocycles. The Kier molecular flexibility index (Phi) is 5.65. The average Bonchev–Trinajstić information content (AvgIpc) is 3.09. The van der Waals surface area contributed by atoms with Gasteiger partial charge in [-0.15, -0.1) is 0 Å². The van der Waals surface area contributed by atoms with Crippen molar-refractivity contribution in [2.24, 2.45) is 0 Å². The zero-order valence-electron chi connectivity index (χ0n) is 14.5. The Morgan fingerprint density at radius 3 is 2.63 bits per heavy atom. The van der Waals surface area contributed by atoms with Gasteiger partial charge in [0.1, 0.15) is 5.82 Å². The predicted molar refractivity (Wildman–Crippen MR) is 98.8 cm³/mol. The van der Waals surface area contributed by atoms with Gasteiger partial charge in [0.15, 0.2) is 0 Å². The third-order valence-corrected chi connectivity index (χ3v) is 4.05. The van der Waals surface area contributed by atoms with Crippen LogP contribution in [0.3, 0.4) is 0 Å². The number of hydrogen-bond acceptors (Lipinski definition) is 4. The molecule has 1 aliphatic rings. The number of rotatable bonds is 6. The van der Waals surface area contributed by atoms with Crippen molar-refractivity contribution in [1.29, 1.82) is 0 Å². The summed E-state index contributed by atoms with van der Waals surface area (Å²) in [6, 6.07) is 12.8. The standard InChI is InChI=1S/C19H19FN4O3/c20-15-7-6-14(22-12-18(26)24-9-8-21-19(24)27)11-16(15)23-17(25)10-13-4-2-1-3-5-13/h1-7,11,22H,8-10,12H2,(H,21,27)(H,23,25). The molecule has 0 spiro atoms. The van der Waals surface area contributed by atoms with Crippen LogP contribution in [0, 0.1) is 5.82 Å². The number of halogens is 1. The largest absolute Gasteiger partial charge is 0.376 e. The Morgan fingerprint density at radius 1 is 1.15 bits per heavy atom. The minimum atomic E-state index is -0.577. The zero-order valence-corrected chi connectivity index (χ0v) is 14.5. The third kappa shape index (κ3) is 4.81. The summed E-state index contributed by atoms with van der Waals surface area (Å²) in [6.07, 6.45) is 0.125. The number of benzene rings is 2. The Hall–Kier alpha value is -3.42. The molecule has 0 atom stereocenters. The molecule has 0 radical (unpaired) electrons. The van der Waals surface area contributed by atoms with E-state index in [-0.39, 0.29) is 30.5 Å². The summed E-state index contributed by atoms with van der Waals surface area (Å²) in [5, 5.41) is 7.93. The highest BCUT2D eigenvalue weighted by atomic mass is 19.1. The van der Waals surface area contributed by atoms with Crippen molar-refractivity contribution in [3.63, 3.8) is 0 Å². The molecule has 3 rings (SSSR count). The van der Waals surface area contributed by atoms with E-state index in [1.165, 1.54) is 18.2 Å². The van der Waals surface area contributed by atoms with Crippen LogP contribution >= 0.6 is 0 Å². The van der Waals surface area contributed by atoms with Gasteiger partial charge in [0, 0.05) is 18.8 Å². The molecule has 0 unspecified atom stereocenters. The van der Waals surface area contributed by atoms with Crippen LogP contribution in [0.25, 0.3) is 0 Å². The molecule has 1 aliphatic heterocycles. The number of imide groups is 1. The van der Waals surface area contributed by atoms with Gasteiger partial charge in [-0.2, -0.15) is 0 Å². The highest BCUT2D eigenvalue weighted by molar-refractivity contribution is 5.97. The molecule has 1 fully saturated rings. The molecular formula is C19H19FN4O3. The van der Waals surface area contributed by atoms with Crippen LogP contribution in [0.2, 0.25) is 0 Å². The highest BCUT2D eigenvalue weighted by Crippen LogP contribution is 2.20. The van der Waals surface area contributed by atoms with Gasteiger partial charge < -0.3 is 16.0 Å². The molecular weight excluding hydrogens is 351 g/mol. The van der Waals surface area contributed by atoms with Crippen LogP contribution in [-0.4, -0.2) is 42.4 Å². The molecule has 2 aromatic carbocycles. The lowest BCUT2D eigenvalue weighted by Crippen LogP contribution is -2.38. The van der Waals surface area contributed by atoms with E-state index < -0.39 is 11.8 Å². The van der Waals surface area contributed by atoms with E-state index in [0.717, 1.165) is 10.5 Å². The average molecular weight is 370 g/mol. The number of anilines is 2. The molecule has 7 nitrogen and oxygen atoms in total. The number of nitrogens with zero attached hydrogens (tertiary/aromatic N) is 1. The zero-order chi connectivity index (χ0) is 19.2. The Labute approximate surface area is 155 Å². The van der Waals surface area contributed by atoms with Crippen molar-refractivity contribution < 1.29 is 18.8 Å². The van der Waals surface area contributed by atoms with Crippen LogP contribution in [0.1, 0.15) is 5.56 Å². The van der Waals surface area contributed by atoms with Crippen molar-refractivity contribution in [3.8, 4) is 0 Å². The van der Waals surface area contributed by atoms with Gasteiger partial charge in [-0.05, 0) is 23.8 Å².